The number of unbranched alkanes of at least 4 members (excludes halogenated alkanes) is 1. The van der Waals surface area contributed by atoms with Crippen LogP contribution in [0.25, 0.3) is 0 Å². The fourth-order valence-electron chi connectivity index (χ4n) is 1.47. The Kier molecular flexibility index (Phi) is 5.92. The highest BCUT2D eigenvalue weighted by atomic mass is 35.5. The van der Waals surface area contributed by atoms with E-state index in [9.17, 15) is 9.18 Å². The SMILES string of the molecule is CCCCC(Oc1ccc(Cl)cc1F)C(=O)OC. The van der Waals surface area contributed by atoms with Crippen molar-refractivity contribution >= 4 is 17.6 Å². The summed E-state index contributed by atoms with van der Waals surface area (Å²) in [6.45, 7) is 2.00. The standard InChI is InChI=1S/C13H16ClFO3/c1-3-4-5-12(13(16)17-2)18-11-7-6-9(14)8-10(11)15/h6-8,12H,3-5H2,1-2H3. The molecule has 3 nitrogen and oxygen atoms in total. The predicted octanol–water partition coefficient (Wildman–Crippen LogP) is 3.59. The molecular weight excluding hydrogens is 259 g/mol. The van der Waals surface area contributed by atoms with Gasteiger partial charge in [0.15, 0.2) is 17.7 Å². The summed E-state index contributed by atoms with van der Waals surface area (Å²) in [5.74, 6) is -1.09. The van der Waals surface area contributed by atoms with Crippen LogP contribution in [0.1, 0.15) is 26.2 Å². The second-order valence-corrected chi connectivity index (χ2v) is 4.28. The van der Waals surface area contributed by atoms with Gasteiger partial charge in [0.05, 0.1) is 7.11 Å². The lowest BCUT2D eigenvalue weighted by atomic mass is 10.1. The molecule has 0 amide bonds. The van der Waals surface area contributed by atoms with Gasteiger partial charge in [0.25, 0.3) is 0 Å². The molecule has 1 aromatic carbocycles. The maximum absolute atomic E-state index is 13.5. The molecule has 0 N–H and O–H groups in total. The second kappa shape index (κ2) is 7.21. The van der Waals surface area contributed by atoms with E-state index in [2.05, 4.69) is 4.74 Å². The van der Waals surface area contributed by atoms with Gasteiger partial charge in [-0.05, 0) is 31.0 Å². The first-order chi connectivity index (χ1) is 8.58. The van der Waals surface area contributed by atoms with Gasteiger partial charge in [0.2, 0.25) is 0 Å². The fraction of sp³-hybridized carbons (Fsp3) is 0.462. The van der Waals surface area contributed by atoms with Gasteiger partial charge in [-0.15, -0.1) is 0 Å². The number of methoxy groups -OCH3 is 1. The number of hydrogen-bond acceptors (Lipinski definition) is 3. The first-order valence-corrected chi connectivity index (χ1v) is 6.15. The molecule has 1 unspecified atom stereocenters. The molecule has 0 aliphatic carbocycles. The topological polar surface area (TPSA) is 35.5 Å². The van der Waals surface area contributed by atoms with Crippen LogP contribution in [0.15, 0.2) is 18.2 Å². The van der Waals surface area contributed by atoms with Crippen molar-refractivity contribution in [1.82, 2.24) is 0 Å². The monoisotopic (exact) mass is 274 g/mol. The van der Waals surface area contributed by atoms with E-state index in [1.54, 1.807) is 0 Å². The van der Waals surface area contributed by atoms with Crippen molar-refractivity contribution in [1.29, 1.82) is 0 Å². The van der Waals surface area contributed by atoms with Gasteiger partial charge in [-0.1, -0.05) is 24.9 Å². The number of carbonyl (C=O) groups is 1. The number of halogens is 2. The summed E-state index contributed by atoms with van der Waals surface area (Å²) >= 11 is 5.64. The minimum Gasteiger partial charge on any atom is -0.476 e. The third-order valence-electron chi connectivity index (χ3n) is 2.45. The zero-order valence-electron chi connectivity index (χ0n) is 10.4. The van der Waals surface area contributed by atoms with E-state index in [1.165, 1.54) is 19.2 Å². The quantitative estimate of drug-likeness (QED) is 0.744. The van der Waals surface area contributed by atoms with Crippen LogP contribution < -0.4 is 4.74 Å². The minimum atomic E-state index is -0.786. The third kappa shape index (κ3) is 4.18. The van der Waals surface area contributed by atoms with E-state index in [0.717, 1.165) is 18.9 Å². The van der Waals surface area contributed by atoms with Gasteiger partial charge >= 0.3 is 5.97 Å². The Morgan fingerprint density at radius 2 is 2.22 bits per heavy atom. The van der Waals surface area contributed by atoms with Crippen LogP contribution in [0.5, 0.6) is 5.75 Å². The van der Waals surface area contributed by atoms with Crippen LogP contribution in [0.2, 0.25) is 5.02 Å². The summed E-state index contributed by atoms with van der Waals surface area (Å²) < 4.78 is 23.5. The molecule has 0 radical (unpaired) electrons. The van der Waals surface area contributed by atoms with Crippen molar-refractivity contribution in [2.75, 3.05) is 7.11 Å². The van der Waals surface area contributed by atoms with Crippen LogP contribution >= 0.6 is 11.6 Å². The fourth-order valence-corrected chi connectivity index (χ4v) is 1.63. The number of carbonyl (C=O) groups excluding carboxylic acids is 1. The summed E-state index contributed by atoms with van der Waals surface area (Å²) in [5, 5.41) is 0.281. The molecule has 0 saturated carbocycles. The van der Waals surface area contributed by atoms with Gasteiger partial charge in [0.1, 0.15) is 0 Å². The molecule has 0 aliphatic rings. The molecule has 0 aliphatic heterocycles. The first-order valence-electron chi connectivity index (χ1n) is 5.78. The summed E-state index contributed by atoms with van der Waals surface area (Å²) in [6.07, 6.45) is 1.42. The van der Waals surface area contributed by atoms with Gasteiger partial charge in [-0.3, -0.25) is 0 Å². The molecule has 0 saturated heterocycles. The van der Waals surface area contributed by atoms with Gasteiger partial charge in [-0.25, -0.2) is 9.18 Å². The summed E-state index contributed by atoms with van der Waals surface area (Å²) in [4.78, 5) is 11.5. The Balaban J connectivity index is 2.78. The lowest BCUT2D eigenvalue weighted by molar-refractivity contribution is -0.149. The summed E-state index contributed by atoms with van der Waals surface area (Å²) in [5.41, 5.74) is 0. The molecule has 0 spiro atoms. The minimum absolute atomic E-state index is 0.00547. The highest BCUT2D eigenvalue weighted by Crippen LogP contribution is 2.23. The Morgan fingerprint density at radius 3 is 2.78 bits per heavy atom. The first kappa shape index (κ1) is 14.8. The Labute approximate surface area is 111 Å². The van der Waals surface area contributed by atoms with E-state index in [0.29, 0.717) is 6.42 Å². The average Bonchev–Trinajstić information content (AvgIpc) is 2.36. The zero-order chi connectivity index (χ0) is 13.5. The Bertz CT molecular complexity index is 409. The molecule has 0 aromatic heterocycles. The number of esters is 1. The molecule has 5 heteroatoms. The van der Waals surface area contributed by atoms with Crippen molar-refractivity contribution in [2.24, 2.45) is 0 Å². The number of hydrogen-bond donors (Lipinski definition) is 0. The number of benzene rings is 1. The van der Waals surface area contributed by atoms with E-state index < -0.39 is 17.9 Å². The Hall–Kier alpha value is -1.29. The third-order valence-corrected chi connectivity index (χ3v) is 2.68. The predicted molar refractivity (Wildman–Crippen MR) is 67.4 cm³/mol. The molecular formula is C13H16ClFO3. The number of rotatable bonds is 6. The van der Waals surface area contributed by atoms with Gasteiger partial charge in [0, 0.05) is 5.02 Å². The van der Waals surface area contributed by atoms with Crippen LogP contribution in [-0.4, -0.2) is 19.2 Å². The lowest BCUT2D eigenvalue weighted by Crippen LogP contribution is -2.28. The van der Waals surface area contributed by atoms with Crippen molar-refractivity contribution in [3.05, 3.63) is 29.0 Å². The summed E-state index contributed by atoms with van der Waals surface area (Å²) in [6, 6.07) is 4.05. The zero-order valence-corrected chi connectivity index (χ0v) is 11.2. The van der Waals surface area contributed by atoms with Crippen molar-refractivity contribution in [3.8, 4) is 5.75 Å². The highest BCUT2D eigenvalue weighted by molar-refractivity contribution is 6.30. The van der Waals surface area contributed by atoms with E-state index in [4.69, 9.17) is 16.3 Å². The normalized spacial score (nSPS) is 12.0. The smallest absolute Gasteiger partial charge is 0.347 e. The van der Waals surface area contributed by atoms with Crippen molar-refractivity contribution < 1.29 is 18.7 Å². The average molecular weight is 275 g/mol. The van der Waals surface area contributed by atoms with Crippen molar-refractivity contribution in [2.45, 2.75) is 32.3 Å². The van der Waals surface area contributed by atoms with Crippen LogP contribution in [0.4, 0.5) is 4.39 Å². The van der Waals surface area contributed by atoms with E-state index in [-0.39, 0.29) is 10.8 Å². The lowest BCUT2D eigenvalue weighted by Gasteiger charge is -2.17. The van der Waals surface area contributed by atoms with Gasteiger partial charge < -0.3 is 9.47 Å². The van der Waals surface area contributed by atoms with E-state index >= 15 is 0 Å². The highest BCUT2D eigenvalue weighted by Gasteiger charge is 2.21. The largest absolute Gasteiger partial charge is 0.476 e. The molecule has 0 bridgehead atoms. The second-order valence-electron chi connectivity index (χ2n) is 3.85. The van der Waals surface area contributed by atoms with E-state index in [1.807, 2.05) is 6.92 Å². The van der Waals surface area contributed by atoms with Gasteiger partial charge in [-0.2, -0.15) is 0 Å². The summed E-state index contributed by atoms with van der Waals surface area (Å²) in [7, 11) is 1.28. The molecule has 0 fully saturated rings. The molecule has 0 heterocycles. The molecule has 1 aromatic rings. The van der Waals surface area contributed by atoms with Crippen LogP contribution in [-0.2, 0) is 9.53 Å². The Morgan fingerprint density at radius 1 is 1.50 bits per heavy atom. The van der Waals surface area contributed by atoms with Crippen LogP contribution in [0, 0.1) is 5.82 Å². The molecule has 1 rings (SSSR count). The molecule has 18 heavy (non-hydrogen) atoms. The maximum Gasteiger partial charge on any atom is 0.347 e. The molecule has 1 atom stereocenters. The number of ether oxygens (including phenoxy) is 2. The maximum atomic E-state index is 13.5. The molecule has 100 valence electrons. The van der Waals surface area contributed by atoms with Crippen molar-refractivity contribution in [3.63, 3.8) is 0 Å². The van der Waals surface area contributed by atoms with Crippen LogP contribution in [0.3, 0.4) is 0 Å².